The zero-order chi connectivity index (χ0) is 11.1. The van der Waals surface area contributed by atoms with E-state index in [0.29, 0.717) is 0 Å². The van der Waals surface area contributed by atoms with E-state index in [1.807, 2.05) is 20.8 Å². The molecule has 1 fully saturated rings. The van der Waals surface area contributed by atoms with E-state index in [-0.39, 0.29) is 24.0 Å². The average molecular weight is 207 g/mol. The number of hydrogen-bond donors (Lipinski definition) is 0. The topological polar surface area (TPSA) is 17.1 Å². The van der Waals surface area contributed by atoms with Crippen LogP contribution in [0.2, 0.25) is 5.82 Å². The molecule has 0 unspecified atom stereocenters. The largest absolute Gasteiger partial charge is 0.482 e. The summed E-state index contributed by atoms with van der Waals surface area (Å²) < 4.78 is 36.6. The molecule has 0 saturated heterocycles. The van der Waals surface area contributed by atoms with Gasteiger partial charge in [-0.25, -0.2) is 0 Å². The lowest BCUT2D eigenvalue weighted by molar-refractivity contribution is -0.122. The first-order valence-corrected chi connectivity index (χ1v) is 4.84. The van der Waals surface area contributed by atoms with Crippen molar-refractivity contribution in [3.8, 4) is 0 Å². The van der Waals surface area contributed by atoms with Crippen LogP contribution in [0.25, 0.3) is 0 Å². The fraction of sp³-hybridized carbons (Fsp3) is 0.889. The van der Waals surface area contributed by atoms with Gasteiger partial charge in [-0.3, -0.25) is 4.79 Å². The van der Waals surface area contributed by atoms with Crippen LogP contribution in [-0.2, 0) is 4.79 Å². The van der Waals surface area contributed by atoms with Crippen molar-refractivity contribution in [1.29, 1.82) is 0 Å². The van der Waals surface area contributed by atoms with Crippen LogP contribution >= 0.6 is 0 Å². The van der Waals surface area contributed by atoms with Crippen molar-refractivity contribution in [2.75, 3.05) is 0 Å². The van der Waals surface area contributed by atoms with Crippen molar-refractivity contribution in [2.45, 2.75) is 39.4 Å². The highest BCUT2D eigenvalue weighted by Crippen LogP contribution is 2.54. The maximum atomic E-state index is 12.2. The van der Waals surface area contributed by atoms with Crippen LogP contribution in [-0.4, -0.2) is 12.8 Å². The van der Waals surface area contributed by atoms with Crippen molar-refractivity contribution in [3.05, 3.63) is 0 Å². The SMILES string of the molecule is CC(C)(C)CC(=O)[C@H]1C[C@@H]1[B-](F)(F)F. The number of ketones is 1. The van der Waals surface area contributed by atoms with Crippen LogP contribution in [0.3, 0.4) is 0 Å². The number of carbonyl (C=O) groups is 1. The van der Waals surface area contributed by atoms with Gasteiger partial charge in [-0.15, -0.1) is 0 Å². The molecule has 82 valence electrons. The van der Waals surface area contributed by atoms with Crippen molar-refractivity contribution >= 4 is 12.8 Å². The molecular formula is C9H15BF3O-. The molecular weight excluding hydrogens is 192 g/mol. The van der Waals surface area contributed by atoms with E-state index in [1.54, 1.807) is 0 Å². The quantitative estimate of drug-likeness (QED) is 0.649. The molecule has 0 heterocycles. The van der Waals surface area contributed by atoms with Crippen LogP contribution in [0, 0.1) is 11.3 Å². The van der Waals surface area contributed by atoms with Gasteiger partial charge in [-0.2, -0.15) is 0 Å². The first-order valence-electron chi connectivity index (χ1n) is 4.84. The monoisotopic (exact) mass is 207 g/mol. The second-order valence-corrected chi connectivity index (χ2v) is 5.34. The Bertz CT molecular complexity index is 241. The maximum Gasteiger partial charge on any atom is 0.482 e. The minimum Gasteiger partial charge on any atom is -0.449 e. The molecule has 0 spiro atoms. The first kappa shape index (κ1) is 11.6. The Hall–Kier alpha value is -0.475. The highest BCUT2D eigenvalue weighted by Gasteiger charge is 2.53. The van der Waals surface area contributed by atoms with Gasteiger partial charge in [-0.1, -0.05) is 33.0 Å². The summed E-state index contributed by atoms with van der Waals surface area (Å²) in [6.07, 6.45) is 0.277. The van der Waals surface area contributed by atoms with Crippen molar-refractivity contribution in [2.24, 2.45) is 11.3 Å². The Morgan fingerprint density at radius 3 is 2.14 bits per heavy atom. The Balaban J connectivity index is 2.45. The molecule has 1 nitrogen and oxygen atoms in total. The van der Waals surface area contributed by atoms with Gasteiger partial charge >= 0.3 is 6.98 Å². The second-order valence-electron chi connectivity index (χ2n) is 5.34. The van der Waals surface area contributed by atoms with E-state index in [9.17, 15) is 17.7 Å². The molecule has 5 heteroatoms. The summed E-state index contributed by atoms with van der Waals surface area (Å²) in [5.74, 6) is -2.25. The normalized spacial score (nSPS) is 27.6. The van der Waals surface area contributed by atoms with Gasteiger partial charge in [-0.05, 0) is 11.3 Å². The fourth-order valence-electron chi connectivity index (χ4n) is 1.66. The van der Waals surface area contributed by atoms with Crippen molar-refractivity contribution in [3.63, 3.8) is 0 Å². The molecule has 1 saturated carbocycles. The van der Waals surface area contributed by atoms with E-state index < -0.39 is 18.7 Å². The molecule has 0 aromatic carbocycles. The highest BCUT2D eigenvalue weighted by atomic mass is 19.4. The molecule has 0 aliphatic heterocycles. The molecule has 0 bridgehead atoms. The smallest absolute Gasteiger partial charge is 0.449 e. The minimum atomic E-state index is -4.80. The highest BCUT2D eigenvalue weighted by molar-refractivity contribution is 6.61. The Labute approximate surface area is 82.1 Å². The molecule has 1 aliphatic carbocycles. The first-order chi connectivity index (χ1) is 6.11. The summed E-state index contributed by atoms with van der Waals surface area (Å²) in [5, 5.41) is 0. The number of hydrogen-bond acceptors (Lipinski definition) is 1. The fourth-order valence-corrected chi connectivity index (χ4v) is 1.66. The molecule has 1 aliphatic rings. The lowest BCUT2D eigenvalue weighted by Crippen LogP contribution is -2.20. The third-order valence-corrected chi connectivity index (χ3v) is 2.44. The van der Waals surface area contributed by atoms with Crippen LogP contribution < -0.4 is 0 Å². The third kappa shape index (κ3) is 3.03. The summed E-state index contributed by atoms with van der Waals surface area (Å²) in [7, 11) is 0. The van der Waals surface area contributed by atoms with Gasteiger partial charge < -0.3 is 12.9 Å². The average Bonchev–Trinajstić information content (AvgIpc) is 2.55. The van der Waals surface area contributed by atoms with E-state index in [2.05, 4.69) is 0 Å². The number of carbonyl (C=O) groups excluding carboxylic acids is 1. The van der Waals surface area contributed by atoms with Crippen molar-refractivity contribution in [1.82, 2.24) is 0 Å². The van der Waals surface area contributed by atoms with Gasteiger partial charge in [0.15, 0.2) is 0 Å². The van der Waals surface area contributed by atoms with Crippen molar-refractivity contribution < 1.29 is 17.7 Å². The summed E-state index contributed by atoms with van der Waals surface area (Å²) in [6, 6.07) is 0. The number of halogens is 3. The summed E-state index contributed by atoms with van der Waals surface area (Å²) in [4.78, 5) is 11.4. The lowest BCUT2D eigenvalue weighted by atomic mass is 9.79. The van der Waals surface area contributed by atoms with Gasteiger partial charge in [0.1, 0.15) is 5.78 Å². The third-order valence-electron chi connectivity index (χ3n) is 2.44. The molecule has 0 N–H and O–H groups in total. The summed E-state index contributed by atoms with van der Waals surface area (Å²) in [6.45, 7) is 0.791. The molecule has 2 atom stereocenters. The molecule has 1 rings (SSSR count). The van der Waals surface area contributed by atoms with E-state index in [1.165, 1.54) is 0 Å². The molecule has 0 aromatic rings. The lowest BCUT2D eigenvalue weighted by Gasteiger charge is -2.18. The van der Waals surface area contributed by atoms with Crippen LogP contribution in [0.4, 0.5) is 12.9 Å². The van der Waals surface area contributed by atoms with Crippen LogP contribution in [0.1, 0.15) is 33.6 Å². The van der Waals surface area contributed by atoms with Gasteiger partial charge in [0.05, 0.1) is 0 Å². The van der Waals surface area contributed by atoms with E-state index >= 15 is 0 Å². The molecule has 0 aromatic heterocycles. The van der Waals surface area contributed by atoms with Crippen LogP contribution in [0.5, 0.6) is 0 Å². The summed E-state index contributed by atoms with van der Waals surface area (Å²) in [5.41, 5.74) is -0.206. The van der Waals surface area contributed by atoms with Gasteiger partial charge in [0, 0.05) is 6.42 Å². The minimum absolute atomic E-state index is 0.0262. The molecule has 0 amide bonds. The van der Waals surface area contributed by atoms with Gasteiger partial charge in [0.25, 0.3) is 0 Å². The van der Waals surface area contributed by atoms with E-state index in [0.717, 1.165) is 0 Å². The Morgan fingerprint density at radius 1 is 1.36 bits per heavy atom. The van der Waals surface area contributed by atoms with E-state index in [4.69, 9.17) is 0 Å². The Kier molecular flexibility index (Phi) is 2.72. The molecule has 0 radical (unpaired) electrons. The number of Topliss-reactive ketones (excluding diaryl/α,β-unsaturated/α-hetero) is 1. The van der Waals surface area contributed by atoms with Crippen LogP contribution in [0.15, 0.2) is 0 Å². The maximum absolute atomic E-state index is 12.2. The summed E-state index contributed by atoms with van der Waals surface area (Å²) >= 11 is 0. The number of rotatable bonds is 3. The second kappa shape index (κ2) is 3.28. The predicted octanol–water partition coefficient (Wildman–Crippen LogP) is 3.23. The zero-order valence-corrected chi connectivity index (χ0v) is 8.69. The Morgan fingerprint density at radius 2 is 1.86 bits per heavy atom. The molecule has 14 heavy (non-hydrogen) atoms. The zero-order valence-electron chi connectivity index (χ0n) is 8.69. The van der Waals surface area contributed by atoms with Gasteiger partial charge in [0.2, 0.25) is 0 Å². The predicted molar refractivity (Wildman–Crippen MR) is 50.0 cm³/mol. The standard InChI is InChI=1S/C9H15BF3O/c1-9(2,3)5-8(14)6-4-7(6)10(11,12)13/h6-7H,4-5H2,1-3H3/q-1/t6-,7-/m0/s1.